The van der Waals surface area contributed by atoms with Crippen molar-refractivity contribution in [2.45, 2.75) is 39.0 Å². The van der Waals surface area contributed by atoms with Gasteiger partial charge in [-0.3, -0.25) is 9.78 Å². The normalized spacial score (nSPS) is 14.8. The Morgan fingerprint density at radius 3 is 2.50 bits per heavy atom. The molecule has 1 fully saturated rings. The predicted octanol–water partition coefficient (Wildman–Crippen LogP) is 2.88. The number of amides is 1. The van der Waals surface area contributed by atoms with Crippen molar-refractivity contribution >= 4 is 11.9 Å². The average Bonchev–Trinajstić information content (AvgIpc) is 2.95. The molecule has 6 nitrogen and oxygen atoms in total. The summed E-state index contributed by atoms with van der Waals surface area (Å²) in [7, 11) is 1.83. The van der Waals surface area contributed by atoms with Gasteiger partial charge in [0.25, 0.3) is 5.91 Å². The summed E-state index contributed by atoms with van der Waals surface area (Å²) in [5, 5.41) is 0. The molecule has 1 amide bonds. The number of aromatic nitrogens is 3. The van der Waals surface area contributed by atoms with E-state index in [1.54, 1.807) is 23.4 Å². The molecule has 6 heteroatoms. The summed E-state index contributed by atoms with van der Waals surface area (Å²) in [5.41, 5.74) is 2.49. The highest BCUT2D eigenvalue weighted by atomic mass is 16.2. The zero-order valence-electron chi connectivity index (χ0n) is 15.7. The van der Waals surface area contributed by atoms with Crippen molar-refractivity contribution in [2.75, 3.05) is 31.6 Å². The van der Waals surface area contributed by atoms with Crippen LogP contribution in [0.15, 0.2) is 30.6 Å². The fourth-order valence-corrected chi connectivity index (χ4v) is 3.22. The van der Waals surface area contributed by atoms with Crippen LogP contribution in [0.25, 0.3) is 0 Å². The Morgan fingerprint density at radius 1 is 1.12 bits per heavy atom. The Morgan fingerprint density at radius 2 is 1.81 bits per heavy atom. The smallest absolute Gasteiger partial charge is 0.272 e. The number of aryl methyl sites for hydroxylation is 1. The zero-order chi connectivity index (χ0) is 18.4. The number of hydrogen-bond donors (Lipinski definition) is 0. The molecule has 3 heterocycles. The monoisotopic (exact) mass is 353 g/mol. The quantitative estimate of drug-likeness (QED) is 0.827. The third kappa shape index (κ3) is 4.77. The summed E-state index contributed by atoms with van der Waals surface area (Å²) >= 11 is 0. The van der Waals surface area contributed by atoms with Gasteiger partial charge in [0, 0.05) is 44.8 Å². The number of pyridine rings is 1. The van der Waals surface area contributed by atoms with Gasteiger partial charge in [-0.1, -0.05) is 12.8 Å². The van der Waals surface area contributed by atoms with E-state index in [-0.39, 0.29) is 5.91 Å². The Kier molecular flexibility index (Phi) is 6.15. The lowest BCUT2D eigenvalue weighted by atomic mass is 10.2. The van der Waals surface area contributed by atoms with Crippen molar-refractivity contribution in [3.63, 3.8) is 0 Å². The van der Waals surface area contributed by atoms with E-state index in [9.17, 15) is 4.79 Å². The lowest BCUT2D eigenvalue weighted by molar-refractivity contribution is 0.0790. The number of carbonyl (C=O) groups is 1. The van der Waals surface area contributed by atoms with Crippen LogP contribution < -0.4 is 4.90 Å². The van der Waals surface area contributed by atoms with Crippen molar-refractivity contribution in [3.05, 3.63) is 47.5 Å². The topological polar surface area (TPSA) is 62.2 Å². The predicted molar refractivity (Wildman–Crippen MR) is 102 cm³/mol. The first-order valence-electron chi connectivity index (χ1n) is 9.38. The first-order valence-corrected chi connectivity index (χ1v) is 9.38. The van der Waals surface area contributed by atoms with Gasteiger partial charge in [0.2, 0.25) is 5.95 Å². The second-order valence-electron chi connectivity index (χ2n) is 6.93. The minimum atomic E-state index is -0.0550. The summed E-state index contributed by atoms with van der Waals surface area (Å²) in [6.07, 6.45) is 9.18. The van der Waals surface area contributed by atoms with Gasteiger partial charge in [-0.15, -0.1) is 0 Å². The van der Waals surface area contributed by atoms with E-state index in [0.29, 0.717) is 18.2 Å². The van der Waals surface area contributed by atoms with E-state index >= 15 is 0 Å². The van der Waals surface area contributed by atoms with Crippen molar-refractivity contribution in [2.24, 2.45) is 0 Å². The Hall–Kier alpha value is -2.50. The molecule has 1 saturated heterocycles. The van der Waals surface area contributed by atoms with Crippen molar-refractivity contribution in [1.29, 1.82) is 0 Å². The molecular weight excluding hydrogens is 326 g/mol. The molecule has 0 radical (unpaired) electrons. The Labute approximate surface area is 155 Å². The van der Waals surface area contributed by atoms with E-state index in [1.807, 2.05) is 26.1 Å². The number of anilines is 1. The van der Waals surface area contributed by atoms with E-state index in [0.717, 1.165) is 38.0 Å². The lowest BCUT2D eigenvalue weighted by Crippen LogP contribution is -2.31. The Balaban J connectivity index is 1.69. The maximum absolute atomic E-state index is 12.8. The maximum Gasteiger partial charge on any atom is 0.272 e. The SMILES string of the molecule is Cc1cc(C(=O)N(C)CCc2ccncc2)nc(N2CCCCCC2)n1. The van der Waals surface area contributed by atoms with Crippen LogP contribution in [0, 0.1) is 6.92 Å². The number of rotatable bonds is 5. The van der Waals surface area contributed by atoms with Gasteiger partial charge in [0.05, 0.1) is 0 Å². The van der Waals surface area contributed by atoms with Crippen LogP contribution >= 0.6 is 0 Å². The van der Waals surface area contributed by atoms with Crippen molar-refractivity contribution in [1.82, 2.24) is 19.9 Å². The summed E-state index contributed by atoms with van der Waals surface area (Å²) in [5.74, 6) is 0.637. The summed E-state index contributed by atoms with van der Waals surface area (Å²) < 4.78 is 0. The number of hydrogen-bond acceptors (Lipinski definition) is 5. The molecule has 0 N–H and O–H groups in total. The Bertz CT molecular complexity index is 726. The molecule has 26 heavy (non-hydrogen) atoms. The molecule has 1 aliphatic rings. The highest BCUT2D eigenvalue weighted by molar-refractivity contribution is 5.92. The molecule has 0 spiro atoms. The molecule has 0 saturated carbocycles. The van der Waals surface area contributed by atoms with Crippen LogP contribution in [0.3, 0.4) is 0 Å². The molecule has 3 rings (SSSR count). The fraction of sp³-hybridized carbons (Fsp3) is 0.500. The van der Waals surface area contributed by atoms with Gasteiger partial charge >= 0.3 is 0 Å². The zero-order valence-corrected chi connectivity index (χ0v) is 15.7. The minimum Gasteiger partial charge on any atom is -0.341 e. The molecule has 0 aromatic carbocycles. The van der Waals surface area contributed by atoms with Crippen LogP contribution in [-0.2, 0) is 6.42 Å². The molecular formula is C20H27N5O. The van der Waals surface area contributed by atoms with E-state index in [1.165, 1.54) is 18.4 Å². The molecule has 0 aliphatic carbocycles. The number of likely N-dealkylation sites (N-methyl/N-ethyl adjacent to an activating group) is 1. The summed E-state index contributed by atoms with van der Waals surface area (Å²) in [4.78, 5) is 30.0. The molecule has 0 atom stereocenters. The van der Waals surface area contributed by atoms with Crippen LogP contribution in [-0.4, -0.2) is 52.4 Å². The maximum atomic E-state index is 12.8. The third-order valence-corrected chi connectivity index (χ3v) is 4.78. The largest absolute Gasteiger partial charge is 0.341 e. The number of nitrogens with zero attached hydrogens (tertiary/aromatic N) is 5. The van der Waals surface area contributed by atoms with Crippen LogP contribution in [0.4, 0.5) is 5.95 Å². The second-order valence-corrected chi connectivity index (χ2v) is 6.93. The minimum absolute atomic E-state index is 0.0550. The summed E-state index contributed by atoms with van der Waals surface area (Å²) in [6.45, 7) is 4.51. The van der Waals surface area contributed by atoms with Crippen LogP contribution in [0.2, 0.25) is 0 Å². The molecule has 0 bridgehead atoms. The van der Waals surface area contributed by atoms with Gasteiger partial charge in [0.1, 0.15) is 5.69 Å². The highest BCUT2D eigenvalue weighted by Gasteiger charge is 2.18. The average molecular weight is 353 g/mol. The standard InChI is InChI=1S/C20H27N5O/c1-16-15-18(23-20(22-16)25-12-5-3-4-6-13-25)19(26)24(2)14-9-17-7-10-21-11-8-17/h7-8,10-11,15H,3-6,9,12-14H2,1-2H3. The van der Waals surface area contributed by atoms with Gasteiger partial charge < -0.3 is 9.80 Å². The van der Waals surface area contributed by atoms with E-state index in [2.05, 4.69) is 19.9 Å². The van der Waals surface area contributed by atoms with E-state index < -0.39 is 0 Å². The lowest BCUT2D eigenvalue weighted by Gasteiger charge is -2.22. The molecule has 2 aromatic rings. The first kappa shape index (κ1) is 18.3. The second kappa shape index (κ2) is 8.74. The van der Waals surface area contributed by atoms with Gasteiger partial charge in [-0.05, 0) is 49.9 Å². The van der Waals surface area contributed by atoms with Crippen molar-refractivity contribution in [3.8, 4) is 0 Å². The molecule has 138 valence electrons. The molecule has 0 unspecified atom stereocenters. The summed E-state index contributed by atoms with van der Waals surface area (Å²) in [6, 6.07) is 5.74. The highest BCUT2D eigenvalue weighted by Crippen LogP contribution is 2.17. The molecule has 2 aromatic heterocycles. The third-order valence-electron chi connectivity index (χ3n) is 4.78. The molecule has 1 aliphatic heterocycles. The van der Waals surface area contributed by atoms with Gasteiger partial charge in [-0.2, -0.15) is 0 Å². The van der Waals surface area contributed by atoms with Gasteiger partial charge in [-0.25, -0.2) is 9.97 Å². The van der Waals surface area contributed by atoms with Crippen molar-refractivity contribution < 1.29 is 4.79 Å². The fourth-order valence-electron chi connectivity index (χ4n) is 3.22. The van der Waals surface area contributed by atoms with Gasteiger partial charge in [0.15, 0.2) is 0 Å². The number of carbonyl (C=O) groups excluding carboxylic acids is 1. The first-order chi connectivity index (χ1) is 12.6. The van der Waals surface area contributed by atoms with Crippen LogP contribution in [0.5, 0.6) is 0 Å². The van der Waals surface area contributed by atoms with Crippen LogP contribution in [0.1, 0.15) is 47.4 Å². The van der Waals surface area contributed by atoms with E-state index in [4.69, 9.17) is 0 Å².